The largest absolute Gasteiger partial charge is 0.406 e. The van der Waals surface area contributed by atoms with E-state index in [4.69, 9.17) is 0 Å². The van der Waals surface area contributed by atoms with Gasteiger partial charge in [-0.2, -0.15) is 13.2 Å². The van der Waals surface area contributed by atoms with Gasteiger partial charge in [-0.25, -0.2) is 0 Å². The van der Waals surface area contributed by atoms with Crippen LogP contribution in [0.15, 0.2) is 30.3 Å². The zero-order chi connectivity index (χ0) is 14.1. The van der Waals surface area contributed by atoms with Crippen LogP contribution >= 0.6 is 0 Å². The minimum atomic E-state index is -4.31. The highest BCUT2D eigenvalue weighted by atomic mass is 19.4. The van der Waals surface area contributed by atoms with E-state index < -0.39 is 23.7 Å². The standard InChI is InChI=1S/C13H15F3N2O/c1-9(18-12(7-8-12)13(14,15)16)11(19)17-10-5-3-2-4-6-10/h2-6,9,18H,7-8H2,1H3,(H,17,19). The third-order valence-corrected chi connectivity index (χ3v) is 3.22. The van der Waals surface area contributed by atoms with Crippen molar-refractivity contribution in [3.63, 3.8) is 0 Å². The van der Waals surface area contributed by atoms with Gasteiger partial charge in [0.2, 0.25) is 5.91 Å². The Hall–Kier alpha value is -1.56. The normalized spacial score (nSPS) is 18.7. The van der Waals surface area contributed by atoms with Crippen molar-refractivity contribution in [2.45, 2.75) is 37.5 Å². The van der Waals surface area contributed by atoms with Crippen molar-refractivity contribution < 1.29 is 18.0 Å². The van der Waals surface area contributed by atoms with Crippen LogP contribution in [0.1, 0.15) is 19.8 Å². The molecule has 2 N–H and O–H groups in total. The van der Waals surface area contributed by atoms with Gasteiger partial charge in [-0.05, 0) is 31.9 Å². The highest BCUT2D eigenvalue weighted by Crippen LogP contribution is 2.49. The first kappa shape index (κ1) is 13.9. The topological polar surface area (TPSA) is 41.1 Å². The molecule has 0 aliphatic heterocycles. The second-order valence-electron chi connectivity index (χ2n) is 4.80. The summed E-state index contributed by atoms with van der Waals surface area (Å²) in [5.41, 5.74) is -1.31. The smallest absolute Gasteiger partial charge is 0.325 e. The lowest BCUT2D eigenvalue weighted by Crippen LogP contribution is -2.52. The van der Waals surface area contributed by atoms with Crippen LogP contribution in [-0.2, 0) is 4.79 Å². The number of hydrogen-bond acceptors (Lipinski definition) is 2. The number of amides is 1. The summed E-state index contributed by atoms with van der Waals surface area (Å²) in [6.07, 6.45) is -4.26. The lowest BCUT2D eigenvalue weighted by atomic mass is 10.2. The number of hydrogen-bond donors (Lipinski definition) is 2. The fraction of sp³-hybridized carbons (Fsp3) is 0.462. The van der Waals surface area contributed by atoms with E-state index in [2.05, 4.69) is 10.6 Å². The fourth-order valence-electron chi connectivity index (χ4n) is 1.89. The maximum absolute atomic E-state index is 12.8. The predicted octanol–water partition coefficient (Wildman–Crippen LogP) is 2.70. The van der Waals surface area contributed by atoms with E-state index in [-0.39, 0.29) is 12.8 Å². The first-order valence-electron chi connectivity index (χ1n) is 6.04. The van der Waals surface area contributed by atoms with Gasteiger partial charge in [-0.1, -0.05) is 18.2 Å². The zero-order valence-electron chi connectivity index (χ0n) is 10.4. The minimum Gasteiger partial charge on any atom is -0.325 e. The van der Waals surface area contributed by atoms with Crippen molar-refractivity contribution in [1.29, 1.82) is 0 Å². The lowest BCUT2D eigenvalue weighted by molar-refractivity contribution is -0.168. The lowest BCUT2D eigenvalue weighted by Gasteiger charge is -2.24. The molecule has 1 aliphatic carbocycles. The van der Waals surface area contributed by atoms with Crippen LogP contribution in [0, 0.1) is 0 Å². The molecule has 104 valence electrons. The van der Waals surface area contributed by atoms with E-state index in [1.165, 1.54) is 6.92 Å². The van der Waals surface area contributed by atoms with Gasteiger partial charge in [0.15, 0.2) is 0 Å². The van der Waals surface area contributed by atoms with Gasteiger partial charge in [0.05, 0.1) is 6.04 Å². The molecular weight excluding hydrogens is 257 g/mol. The Balaban J connectivity index is 1.94. The molecule has 1 aliphatic rings. The SMILES string of the molecule is CC(NC1(C(F)(F)F)CC1)C(=O)Nc1ccccc1. The molecule has 0 aromatic heterocycles. The molecule has 0 radical (unpaired) electrons. The Kier molecular flexibility index (Phi) is 3.54. The molecule has 3 nitrogen and oxygen atoms in total. The third kappa shape index (κ3) is 3.07. The molecule has 1 amide bonds. The second-order valence-corrected chi connectivity index (χ2v) is 4.80. The number of alkyl halides is 3. The van der Waals surface area contributed by atoms with Crippen LogP contribution in [0.3, 0.4) is 0 Å². The van der Waals surface area contributed by atoms with Gasteiger partial charge in [0.1, 0.15) is 5.54 Å². The average Bonchev–Trinajstić information content (AvgIpc) is 3.10. The van der Waals surface area contributed by atoms with E-state index >= 15 is 0 Å². The van der Waals surface area contributed by atoms with Gasteiger partial charge < -0.3 is 5.32 Å². The van der Waals surface area contributed by atoms with Gasteiger partial charge >= 0.3 is 6.18 Å². The van der Waals surface area contributed by atoms with Gasteiger partial charge in [0, 0.05) is 5.69 Å². The van der Waals surface area contributed by atoms with Crippen molar-refractivity contribution in [3.8, 4) is 0 Å². The van der Waals surface area contributed by atoms with Crippen LogP contribution in [-0.4, -0.2) is 23.7 Å². The maximum Gasteiger partial charge on any atom is 0.406 e. The predicted molar refractivity (Wildman–Crippen MR) is 65.7 cm³/mol. The monoisotopic (exact) mass is 272 g/mol. The van der Waals surface area contributed by atoms with Crippen molar-refractivity contribution in [3.05, 3.63) is 30.3 Å². The molecule has 1 atom stereocenters. The number of carbonyl (C=O) groups is 1. The quantitative estimate of drug-likeness (QED) is 0.884. The summed E-state index contributed by atoms with van der Waals surface area (Å²) in [7, 11) is 0. The molecule has 2 rings (SSSR count). The Morgan fingerprint density at radius 3 is 2.32 bits per heavy atom. The second kappa shape index (κ2) is 4.85. The van der Waals surface area contributed by atoms with Gasteiger partial charge in [-0.15, -0.1) is 0 Å². The van der Waals surface area contributed by atoms with Crippen LogP contribution in [0.4, 0.5) is 18.9 Å². The summed E-state index contributed by atoms with van der Waals surface area (Å²) in [5, 5.41) is 4.96. The van der Waals surface area contributed by atoms with E-state index in [1.54, 1.807) is 30.3 Å². The molecule has 6 heteroatoms. The Bertz CT molecular complexity index is 455. The molecule has 1 fully saturated rings. The fourth-order valence-corrected chi connectivity index (χ4v) is 1.89. The summed E-state index contributed by atoms with van der Waals surface area (Å²) in [4.78, 5) is 11.8. The summed E-state index contributed by atoms with van der Waals surface area (Å²) in [6.45, 7) is 1.43. The molecule has 0 spiro atoms. The molecule has 0 saturated heterocycles. The van der Waals surface area contributed by atoms with E-state index in [1.807, 2.05) is 0 Å². The molecule has 19 heavy (non-hydrogen) atoms. The van der Waals surface area contributed by atoms with Gasteiger partial charge in [-0.3, -0.25) is 10.1 Å². The van der Waals surface area contributed by atoms with Crippen LogP contribution in [0.5, 0.6) is 0 Å². The zero-order valence-corrected chi connectivity index (χ0v) is 10.4. The number of nitrogens with one attached hydrogen (secondary N) is 2. The number of benzene rings is 1. The summed E-state index contributed by atoms with van der Waals surface area (Å²) < 4.78 is 38.3. The summed E-state index contributed by atoms with van der Waals surface area (Å²) in [5.74, 6) is -0.471. The average molecular weight is 272 g/mol. The molecule has 1 saturated carbocycles. The third-order valence-electron chi connectivity index (χ3n) is 3.22. The van der Waals surface area contributed by atoms with Crippen LogP contribution < -0.4 is 10.6 Å². The molecule has 0 heterocycles. The molecule has 1 aromatic rings. The summed E-state index contributed by atoms with van der Waals surface area (Å²) >= 11 is 0. The molecule has 0 bridgehead atoms. The Morgan fingerprint density at radius 1 is 1.26 bits per heavy atom. The van der Waals surface area contributed by atoms with Crippen LogP contribution in [0.25, 0.3) is 0 Å². The number of rotatable bonds is 4. The number of anilines is 1. The highest BCUT2D eigenvalue weighted by molar-refractivity contribution is 5.94. The van der Waals surface area contributed by atoms with Crippen LogP contribution in [0.2, 0.25) is 0 Å². The van der Waals surface area contributed by atoms with Crippen molar-refractivity contribution in [2.24, 2.45) is 0 Å². The molecular formula is C13H15F3N2O. The van der Waals surface area contributed by atoms with Crippen molar-refractivity contribution in [1.82, 2.24) is 5.32 Å². The number of halogens is 3. The van der Waals surface area contributed by atoms with Crippen molar-refractivity contribution in [2.75, 3.05) is 5.32 Å². The number of para-hydroxylation sites is 1. The molecule has 1 unspecified atom stereocenters. The van der Waals surface area contributed by atoms with E-state index in [0.29, 0.717) is 5.69 Å². The Labute approximate surface area is 109 Å². The number of carbonyl (C=O) groups excluding carboxylic acids is 1. The minimum absolute atomic E-state index is 0.0272. The first-order chi connectivity index (χ1) is 8.84. The van der Waals surface area contributed by atoms with Gasteiger partial charge in [0.25, 0.3) is 0 Å². The summed E-state index contributed by atoms with van der Waals surface area (Å²) in [6, 6.07) is 7.74. The van der Waals surface area contributed by atoms with Crippen molar-refractivity contribution >= 4 is 11.6 Å². The maximum atomic E-state index is 12.8. The Morgan fingerprint density at radius 2 is 1.84 bits per heavy atom. The molecule has 1 aromatic carbocycles. The van der Waals surface area contributed by atoms with E-state index in [9.17, 15) is 18.0 Å². The van der Waals surface area contributed by atoms with E-state index in [0.717, 1.165) is 0 Å². The highest BCUT2D eigenvalue weighted by Gasteiger charge is 2.63. The first-order valence-corrected chi connectivity index (χ1v) is 6.04.